The zero-order valence-electron chi connectivity index (χ0n) is 11.2. The maximum atomic E-state index is 13.5. The molecule has 1 aromatic rings. The van der Waals surface area contributed by atoms with Gasteiger partial charge < -0.3 is 10.4 Å². The highest BCUT2D eigenvalue weighted by molar-refractivity contribution is 5.52. The van der Waals surface area contributed by atoms with Gasteiger partial charge in [0.05, 0.1) is 11.0 Å². The van der Waals surface area contributed by atoms with Gasteiger partial charge in [-0.25, -0.2) is 4.39 Å². The summed E-state index contributed by atoms with van der Waals surface area (Å²) in [6, 6.07) is -1.42. The molecule has 0 aliphatic carbocycles. The van der Waals surface area contributed by atoms with Gasteiger partial charge in [0.1, 0.15) is 11.9 Å². The molecule has 0 unspecified atom stereocenters. The lowest BCUT2D eigenvalue weighted by Gasteiger charge is -2.36. The van der Waals surface area contributed by atoms with Crippen LogP contribution in [0.1, 0.15) is 11.6 Å². The van der Waals surface area contributed by atoms with Gasteiger partial charge in [0, 0.05) is 31.7 Å². The highest BCUT2D eigenvalue weighted by Gasteiger charge is 2.47. The van der Waals surface area contributed by atoms with Crippen LogP contribution in [0, 0.1) is 15.9 Å². The average molecular weight is 323 g/mol. The van der Waals surface area contributed by atoms with E-state index in [4.69, 9.17) is 0 Å². The van der Waals surface area contributed by atoms with Crippen LogP contribution >= 0.6 is 0 Å². The van der Waals surface area contributed by atoms with Crippen molar-refractivity contribution in [2.45, 2.75) is 12.2 Å². The number of alkyl halides is 3. The number of benzene rings is 1. The van der Waals surface area contributed by atoms with Crippen LogP contribution in [0.3, 0.4) is 0 Å². The molecule has 10 heteroatoms. The Morgan fingerprint density at radius 1 is 1.32 bits per heavy atom. The molecule has 0 spiro atoms. The maximum absolute atomic E-state index is 13.5. The molecule has 1 aromatic carbocycles. The fourth-order valence-electron chi connectivity index (χ4n) is 2.47. The zero-order chi connectivity index (χ0) is 16.5. The van der Waals surface area contributed by atoms with Gasteiger partial charge in [-0.1, -0.05) is 0 Å². The van der Waals surface area contributed by atoms with E-state index in [1.165, 1.54) is 0 Å². The number of aromatic hydroxyl groups is 1. The van der Waals surface area contributed by atoms with Crippen molar-refractivity contribution in [3.63, 3.8) is 0 Å². The third-order valence-electron chi connectivity index (χ3n) is 3.40. The number of rotatable bonds is 3. The predicted octanol–water partition coefficient (Wildman–Crippen LogP) is 1.95. The lowest BCUT2D eigenvalue weighted by atomic mass is 10.0. The van der Waals surface area contributed by atoms with Crippen LogP contribution in [0.15, 0.2) is 12.1 Å². The third kappa shape index (κ3) is 3.28. The van der Waals surface area contributed by atoms with Crippen LogP contribution in [0.25, 0.3) is 0 Å². The standard InChI is InChI=1S/C12H13F4N3O3/c13-7-5-8(10(20)9(6-7)19(21)22)11(12(14,15)16)18-3-1-17-2-4-18/h5-6,11,17,20H,1-4H2/t11-/m1/s1. The third-order valence-corrected chi connectivity index (χ3v) is 3.40. The van der Waals surface area contributed by atoms with E-state index < -0.39 is 40.0 Å². The number of nitro benzene ring substituents is 1. The molecule has 1 heterocycles. The molecule has 0 saturated carbocycles. The van der Waals surface area contributed by atoms with E-state index in [1.54, 1.807) is 0 Å². The van der Waals surface area contributed by atoms with Crippen molar-refractivity contribution >= 4 is 5.69 Å². The van der Waals surface area contributed by atoms with Crippen LogP contribution in [0.2, 0.25) is 0 Å². The van der Waals surface area contributed by atoms with Crippen LogP contribution in [-0.4, -0.2) is 47.3 Å². The van der Waals surface area contributed by atoms with Gasteiger partial charge in [-0.3, -0.25) is 15.0 Å². The van der Waals surface area contributed by atoms with Gasteiger partial charge in [-0.15, -0.1) is 0 Å². The molecular formula is C12H13F4N3O3. The van der Waals surface area contributed by atoms with Crippen LogP contribution in [-0.2, 0) is 0 Å². The molecule has 1 aliphatic rings. The van der Waals surface area contributed by atoms with Gasteiger partial charge in [0.2, 0.25) is 0 Å². The van der Waals surface area contributed by atoms with Crippen molar-refractivity contribution in [3.8, 4) is 5.75 Å². The SMILES string of the molecule is O=[N+]([O-])c1cc(F)cc([C@@H](N2CCNCC2)C(F)(F)F)c1O. The molecule has 0 aromatic heterocycles. The number of nitrogens with one attached hydrogen (secondary N) is 1. The molecular weight excluding hydrogens is 310 g/mol. The van der Waals surface area contributed by atoms with Gasteiger partial charge in [0.15, 0.2) is 5.75 Å². The number of halogens is 4. The summed E-state index contributed by atoms with van der Waals surface area (Å²) in [4.78, 5) is 10.6. The van der Waals surface area contributed by atoms with E-state index in [9.17, 15) is 32.8 Å². The summed E-state index contributed by atoms with van der Waals surface area (Å²) in [5, 5.41) is 23.4. The number of phenolic OH excluding ortho intramolecular Hbond substituents is 1. The monoisotopic (exact) mass is 323 g/mol. The second kappa shape index (κ2) is 6.05. The Labute approximate surface area is 122 Å². The largest absolute Gasteiger partial charge is 0.502 e. The number of nitrogens with zero attached hydrogens (tertiary/aromatic N) is 2. The maximum Gasteiger partial charge on any atom is 0.408 e. The van der Waals surface area contributed by atoms with E-state index in [0.29, 0.717) is 25.2 Å². The summed E-state index contributed by atoms with van der Waals surface area (Å²) in [5.74, 6) is -2.36. The topological polar surface area (TPSA) is 78.6 Å². The number of piperazine rings is 1. The molecule has 0 amide bonds. The van der Waals surface area contributed by atoms with Crippen molar-refractivity contribution < 1.29 is 27.6 Å². The fraction of sp³-hybridized carbons (Fsp3) is 0.500. The minimum atomic E-state index is -4.81. The van der Waals surface area contributed by atoms with Crippen molar-refractivity contribution in [2.75, 3.05) is 26.2 Å². The summed E-state index contributed by atoms with van der Waals surface area (Å²) in [6.45, 7) is 0.636. The Morgan fingerprint density at radius 3 is 2.41 bits per heavy atom. The first-order chi connectivity index (χ1) is 10.2. The zero-order valence-corrected chi connectivity index (χ0v) is 11.2. The Kier molecular flexibility index (Phi) is 4.52. The Morgan fingerprint density at radius 2 is 1.91 bits per heavy atom. The Bertz CT molecular complexity index is 573. The molecule has 6 nitrogen and oxygen atoms in total. The van der Waals surface area contributed by atoms with Crippen LogP contribution < -0.4 is 5.32 Å². The van der Waals surface area contributed by atoms with E-state index in [1.807, 2.05) is 0 Å². The molecule has 0 bridgehead atoms. The summed E-state index contributed by atoms with van der Waals surface area (Å²) >= 11 is 0. The molecule has 1 fully saturated rings. The average Bonchev–Trinajstić information content (AvgIpc) is 2.42. The van der Waals surface area contributed by atoms with Gasteiger partial charge in [-0.05, 0) is 6.07 Å². The van der Waals surface area contributed by atoms with Crippen molar-refractivity contribution in [1.29, 1.82) is 0 Å². The quantitative estimate of drug-likeness (QED) is 0.505. The molecule has 1 saturated heterocycles. The van der Waals surface area contributed by atoms with Crippen molar-refractivity contribution in [3.05, 3.63) is 33.6 Å². The minimum absolute atomic E-state index is 0.0218. The number of nitro groups is 1. The molecule has 1 atom stereocenters. The van der Waals surface area contributed by atoms with Gasteiger partial charge >= 0.3 is 11.9 Å². The molecule has 1 aliphatic heterocycles. The highest BCUT2D eigenvalue weighted by atomic mass is 19.4. The minimum Gasteiger partial charge on any atom is -0.502 e. The fourth-order valence-corrected chi connectivity index (χ4v) is 2.47. The Hall–Kier alpha value is -1.94. The molecule has 22 heavy (non-hydrogen) atoms. The van der Waals surface area contributed by atoms with Crippen LogP contribution in [0.4, 0.5) is 23.2 Å². The first-order valence-electron chi connectivity index (χ1n) is 6.40. The second-order valence-corrected chi connectivity index (χ2v) is 4.85. The van der Waals surface area contributed by atoms with E-state index in [0.717, 1.165) is 4.90 Å². The lowest BCUT2D eigenvalue weighted by Crippen LogP contribution is -2.49. The van der Waals surface area contributed by atoms with E-state index in [2.05, 4.69) is 5.32 Å². The molecule has 0 radical (unpaired) electrons. The Balaban J connectivity index is 2.54. The second-order valence-electron chi connectivity index (χ2n) is 4.85. The van der Waals surface area contributed by atoms with E-state index >= 15 is 0 Å². The van der Waals surface area contributed by atoms with Crippen molar-refractivity contribution in [1.82, 2.24) is 10.2 Å². The van der Waals surface area contributed by atoms with Crippen LogP contribution in [0.5, 0.6) is 5.75 Å². The summed E-state index contributed by atoms with van der Waals surface area (Å²) < 4.78 is 53.6. The van der Waals surface area contributed by atoms with Gasteiger partial charge in [-0.2, -0.15) is 13.2 Å². The smallest absolute Gasteiger partial charge is 0.408 e. The molecule has 2 N–H and O–H groups in total. The predicted molar refractivity (Wildman–Crippen MR) is 68.0 cm³/mol. The van der Waals surface area contributed by atoms with E-state index in [-0.39, 0.29) is 13.1 Å². The molecule has 2 rings (SSSR count). The summed E-state index contributed by atoms with van der Waals surface area (Å²) in [6.07, 6.45) is -4.81. The number of phenols is 1. The summed E-state index contributed by atoms with van der Waals surface area (Å²) in [5.41, 5.74) is -1.93. The highest BCUT2D eigenvalue weighted by Crippen LogP contribution is 2.44. The van der Waals surface area contributed by atoms with Gasteiger partial charge in [0.25, 0.3) is 0 Å². The van der Waals surface area contributed by atoms with Crippen molar-refractivity contribution in [2.24, 2.45) is 0 Å². The number of hydrogen-bond donors (Lipinski definition) is 2. The first-order valence-corrected chi connectivity index (χ1v) is 6.40. The normalized spacial score (nSPS) is 18.2. The summed E-state index contributed by atoms with van der Waals surface area (Å²) in [7, 11) is 0. The number of hydrogen-bond acceptors (Lipinski definition) is 5. The molecule has 122 valence electrons. The lowest BCUT2D eigenvalue weighted by molar-refractivity contribution is -0.386. The first kappa shape index (κ1) is 16.4.